The second-order valence-corrected chi connectivity index (χ2v) is 6.89. The number of methoxy groups -OCH3 is 3. The Morgan fingerprint density at radius 3 is 2.32 bits per heavy atom. The molecule has 1 atom stereocenters. The third-order valence-electron chi connectivity index (χ3n) is 5.00. The Labute approximate surface area is 164 Å². The summed E-state index contributed by atoms with van der Waals surface area (Å²) in [6.07, 6.45) is 1.92. The smallest absolute Gasteiger partial charge is 0.319 e. The molecule has 7 heteroatoms. The maximum absolute atomic E-state index is 12.4. The number of aliphatic hydroxyl groups is 1. The summed E-state index contributed by atoms with van der Waals surface area (Å²) < 4.78 is 15.9. The minimum Gasteiger partial charge on any atom is -0.493 e. The van der Waals surface area contributed by atoms with Gasteiger partial charge in [0.1, 0.15) is 0 Å². The highest BCUT2D eigenvalue weighted by Gasteiger charge is 2.32. The highest BCUT2D eigenvalue weighted by atomic mass is 16.5. The Bertz CT molecular complexity index is 829. The molecule has 0 bridgehead atoms. The molecule has 2 aromatic rings. The van der Waals surface area contributed by atoms with Crippen LogP contribution >= 0.6 is 0 Å². The third kappa shape index (κ3) is 4.31. The van der Waals surface area contributed by atoms with E-state index >= 15 is 0 Å². The van der Waals surface area contributed by atoms with Crippen molar-refractivity contribution in [3.05, 3.63) is 47.5 Å². The second-order valence-electron chi connectivity index (χ2n) is 6.89. The zero-order valence-corrected chi connectivity index (χ0v) is 16.4. The minimum absolute atomic E-state index is 0.164. The quantitative estimate of drug-likeness (QED) is 0.710. The average Bonchev–Trinajstić information content (AvgIpc) is 2.71. The first-order valence-corrected chi connectivity index (χ1v) is 9.12. The molecule has 0 aliphatic heterocycles. The van der Waals surface area contributed by atoms with Crippen LogP contribution in [0.1, 0.15) is 17.5 Å². The van der Waals surface area contributed by atoms with Crippen LogP contribution in [0.2, 0.25) is 0 Å². The first kappa shape index (κ1) is 19.8. The van der Waals surface area contributed by atoms with Crippen molar-refractivity contribution in [2.24, 2.45) is 0 Å². The molecule has 0 spiro atoms. The Hall–Kier alpha value is -2.93. The topological polar surface area (TPSA) is 89.1 Å². The Morgan fingerprint density at radius 1 is 1.07 bits per heavy atom. The number of hydrogen-bond donors (Lipinski definition) is 3. The van der Waals surface area contributed by atoms with Gasteiger partial charge in [0.15, 0.2) is 11.5 Å². The van der Waals surface area contributed by atoms with E-state index in [1.165, 1.54) is 26.9 Å². The predicted octanol–water partition coefficient (Wildman–Crippen LogP) is 2.75. The fourth-order valence-corrected chi connectivity index (χ4v) is 3.51. The maximum Gasteiger partial charge on any atom is 0.319 e. The number of anilines is 1. The summed E-state index contributed by atoms with van der Waals surface area (Å²) >= 11 is 0. The molecular weight excluding hydrogens is 360 g/mol. The Morgan fingerprint density at radius 2 is 1.71 bits per heavy atom. The van der Waals surface area contributed by atoms with Gasteiger partial charge in [-0.25, -0.2) is 4.79 Å². The summed E-state index contributed by atoms with van der Waals surface area (Å²) in [4.78, 5) is 12.4. The normalized spacial score (nSPS) is 18.0. The van der Waals surface area contributed by atoms with Crippen LogP contribution in [0.25, 0.3) is 0 Å². The monoisotopic (exact) mass is 386 g/mol. The van der Waals surface area contributed by atoms with Gasteiger partial charge in [0.05, 0.1) is 32.6 Å². The summed E-state index contributed by atoms with van der Waals surface area (Å²) in [6.45, 7) is 0.164. The van der Waals surface area contributed by atoms with Crippen molar-refractivity contribution in [3.8, 4) is 17.2 Å². The molecule has 0 saturated heterocycles. The van der Waals surface area contributed by atoms with Gasteiger partial charge in [0, 0.05) is 25.1 Å². The summed E-state index contributed by atoms with van der Waals surface area (Å²) in [7, 11) is 4.54. The number of carbonyl (C=O) groups excluding carboxylic acids is 1. The number of aryl methyl sites for hydroxylation is 1. The van der Waals surface area contributed by atoms with Crippen molar-refractivity contribution in [1.82, 2.24) is 5.32 Å². The van der Waals surface area contributed by atoms with Gasteiger partial charge in [-0.05, 0) is 24.0 Å². The standard InChI is InChI=1S/C21H26N2O5/c1-26-17-10-16(11-18(27-2)19(17)28-3)23-20(24)22-13-21(25)9-8-14-6-4-5-7-15(14)12-21/h4-7,10-11,25H,8-9,12-13H2,1-3H3,(H2,22,23,24). The molecule has 1 aliphatic rings. The van der Waals surface area contributed by atoms with Gasteiger partial charge < -0.3 is 30.0 Å². The number of carbonyl (C=O) groups is 1. The molecule has 3 N–H and O–H groups in total. The molecule has 7 nitrogen and oxygen atoms in total. The van der Waals surface area contributed by atoms with E-state index in [0.29, 0.717) is 35.8 Å². The molecule has 1 aliphatic carbocycles. The van der Waals surface area contributed by atoms with Crippen LogP contribution in [-0.2, 0) is 12.8 Å². The van der Waals surface area contributed by atoms with E-state index in [-0.39, 0.29) is 6.54 Å². The van der Waals surface area contributed by atoms with Crippen molar-refractivity contribution >= 4 is 11.7 Å². The number of benzene rings is 2. The third-order valence-corrected chi connectivity index (χ3v) is 5.00. The molecule has 0 radical (unpaired) electrons. The van der Waals surface area contributed by atoms with Crippen LogP contribution in [0.5, 0.6) is 17.2 Å². The van der Waals surface area contributed by atoms with E-state index in [4.69, 9.17) is 14.2 Å². The molecule has 0 saturated carbocycles. The van der Waals surface area contributed by atoms with Crippen LogP contribution in [0.4, 0.5) is 10.5 Å². The van der Waals surface area contributed by atoms with Crippen LogP contribution in [0, 0.1) is 0 Å². The zero-order chi connectivity index (χ0) is 20.1. The van der Waals surface area contributed by atoms with E-state index in [1.807, 2.05) is 18.2 Å². The van der Waals surface area contributed by atoms with Crippen molar-refractivity contribution in [2.45, 2.75) is 24.9 Å². The molecule has 0 heterocycles. The van der Waals surface area contributed by atoms with Crippen LogP contribution in [0.3, 0.4) is 0 Å². The van der Waals surface area contributed by atoms with E-state index in [9.17, 15) is 9.90 Å². The molecule has 1 unspecified atom stereocenters. The predicted molar refractivity (Wildman–Crippen MR) is 107 cm³/mol. The molecule has 28 heavy (non-hydrogen) atoms. The minimum atomic E-state index is -0.957. The Kier molecular flexibility index (Phi) is 5.94. The van der Waals surface area contributed by atoms with Crippen LogP contribution in [-0.4, -0.2) is 44.6 Å². The van der Waals surface area contributed by atoms with Gasteiger partial charge in [-0.1, -0.05) is 24.3 Å². The van der Waals surface area contributed by atoms with Crippen LogP contribution in [0.15, 0.2) is 36.4 Å². The molecule has 0 fully saturated rings. The molecule has 150 valence electrons. The van der Waals surface area contributed by atoms with Gasteiger partial charge in [0.25, 0.3) is 0 Å². The number of amides is 2. The first-order chi connectivity index (χ1) is 13.5. The lowest BCUT2D eigenvalue weighted by molar-refractivity contribution is 0.0295. The van der Waals surface area contributed by atoms with Gasteiger partial charge in [-0.15, -0.1) is 0 Å². The lowest BCUT2D eigenvalue weighted by atomic mass is 9.80. The highest BCUT2D eigenvalue weighted by molar-refractivity contribution is 5.90. The molecule has 0 aromatic heterocycles. The first-order valence-electron chi connectivity index (χ1n) is 9.12. The highest BCUT2D eigenvalue weighted by Crippen LogP contribution is 2.39. The Balaban J connectivity index is 1.63. The number of ether oxygens (including phenoxy) is 3. The number of urea groups is 1. The second kappa shape index (κ2) is 8.39. The largest absolute Gasteiger partial charge is 0.493 e. The van der Waals surface area contributed by atoms with E-state index in [2.05, 4.69) is 16.7 Å². The lowest BCUT2D eigenvalue weighted by Gasteiger charge is -2.33. The van der Waals surface area contributed by atoms with Crippen molar-refractivity contribution < 1.29 is 24.1 Å². The van der Waals surface area contributed by atoms with Crippen molar-refractivity contribution in [1.29, 1.82) is 0 Å². The van der Waals surface area contributed by atoms with Gasteiger partial charge in [-0.2, -0.15) is 0 Å². The zero-order valence-electron chi connectivity index (χ0n) is 16.4. The maximum atomic E-state index is 12.4. The summed E-state index contributed by atoms with van der Waals surface area (Å²) in [6, 6.07) is 11.0. The number of rotatable bonds is 6. The number of nitrogens with one attached hydrogen (secondary N) is 2. The molecular formula is C21H26N2O5. The molecule has 2 aromatic carbocycles. The van der Waals surface area contributed by atoms with Crippen molar-refractivity contribution in [3.63, 3.8) is 0 Å². The number of hydrogen-bond acceptors (Lipinski definition) is 5. The van der Waals surface area contributed by atoms with Crippen molar-refractivity contribution in [2.75, 3.05) is 33.2 Å². The van der Waals surface area contributed by atoms with E-state index in [0.717, 1.165) is 12.0 Å². The fourth-order valence-electron chi connectivity index (χ4n) is 3.51. The van der Waals surface area contributed by atoms with Gasteiger partial charge in [0.2, 0.25) is 5.75 Å². The SMILES string of the molecule is COc1cc(NC(=O)NCC2(O)CCc3ccccc3C2)cc(OC)c1OC. The summed E-state index contributed by atoms with van der Waals surface area (Å²) in [5.74, 6) is 1.34. The van der Waals surface area contributed by atoms with Crippen LogP contribution < -0.4 is 24.8 Å². The van der Waals surface area contributed by atoms with Gasteiger partial charge in [-0.3, -0.25) is 0 Å². The molecule has 2 amide bonds. The molecule has 3 rings (SSSR count). The number of fused-ring (bicyclic) bond motifs is 1. The fraction of sp³-hybridized carbons (Fsp3) is 0.381. The summed E-state index contributed by atoms with van der Waals surface area (Å²) in [5.41, 5.74) is 1.92. The van der Waals surface area contributed by atoms with Gasteiger partial charge >= 0.3 is 6.03 Å². The average molecular weight is 386 g/mol. The summed E-state index contributed by atoms with van der Waals surface area (Å²) in [5, 5.41) is 16.4. The lowest BCUT2D eigenvalue weighted by Crippen LogP contribution is -2.47. The van der Waals surface area contributed by atoms with E-state index in [1.54, 1.807) is 12.1 Å². The van der Waals surface area contributed by atoms with E-state index < -0.39 is 11.6 Å².